The van der Waals surface area contributed by atoms with Crippen LogP contribution in [-0.4, -0.2) is 15.9 Å². The molecular formula is C17H20N2O3. The minimum atomic E-state index is -0.406. The zero-order chi connectivity index (χ0) is 16.3. The van der Waals surface area contributed by atoms with E-state index in [1.807, 2.05) is 18.2 Å². The van der Waals surface area contributed by atoms with Gasteiger partial charge in [0.25, 0.3) is 0 Å². The lowest BCUT2D eigenvalue weighted by molar-refractivity contribution is -0.133. The summed E-state index contributed by atoms with van der Waals surface area (Å²) in [5, 5.41) is 0. The van der Waals surface area contributed by atoms with Crippen molar-refractivity contribution in [3.63, 3.8) is 0 Å². The second-order valence-corrected chi connectivity index (χ2v) is 5.61. The number of hydrogen-bond acceptors (Lipinski definition) is 4. The molecule has 0 saturated carbocycles. The highest BCUT2D eigenvalue weighted by Crippen LogP contribution is 2.20. The Morgan fingerprint density at radius 3 is 2.68 bits per heavy atom. The van der Waals surface area contributed by atoms with Crippen LogP contribution in [0.5, 0.6) is 5.75 Å². The number of hydrogen-bond donors (Lipinski definition) is 1. The van der Waals surface area contributed by atoms with Gasteiger partial charge in [0.1, 0.15) is 5.75 Å². The van der Waals surface area contributed by atoms with Crippen molar-refractivity contribution in [3.05, 3.63) is 57.3 Å². The van der Waals surface area contributed by atoms with E-state index in [9.17, 15) is 9.59 Å². The Bertz CT molecular complexity index is 722. The molecule has 0 amide bonds. The van der Waals surface area contributed by atoms with Crippen molar-refractivity contribution in [1.82, 2.24) is 9.97 Å². The van der Waals surface area contributed by atoms with E-state index < -0.39 is 5.69 Å². The lowest BCUT2D eigenvalue weighted by Gasteiger charge is -2.10. The molecule has 5 heteroatoms. The van der Waals surface area contributed by atoms with Gasteiger partial charge in [-0.1, -0.05) is 26.0 Å². The van der Waals surface area contributed by atoms with Crippen LogP contribution in [-0.2, 0) is 11.2 Å². The molecule has 0 bridgehead atoms. The SMILES string of the molecule is Cc1nc(=O)[nH]c(C)c1CC(=O)Oc1cccc(C(C)C)c1. The standard InChI is InChI=1S/C17H20N2O3/c1-10(2)13-6-5-7-14(8-13)22-16(20)9-15-11(3)18-17(21)19-12(15)4/h5-8,10H,9H2,1-4H3,(H,18,19,21). The molecule has 1 N–H and O–H groups in total. The summed E-state index contributed by atoms with van der Waals surface area (Å²) < 4.78 is 5.39. The molecule has 0 aliphatic carbocycles. The summed E-state index contributed by atoms with van der Waals surface area (Å²) in [6.45, 7) is 7.63. The average molecular weight is 300 g/mol. The molecule has 116 valence electrons. The van der Waals surface area contributed by atoms with E-state index >= 15 is 0 Å². The second kappa shape index (κ2) is 6.56. The molecule has 2 rings (SSSR count). The summed E-state index contributed by atoms with van der Waals surface area (Å²) in [5.74, 6) is 0.524. The lowest BCUT2D eigenvalue weighted by Crippen LogP contribution is -2.20. The Hall–Kier alpha value is -2.43. The number of nitrogens with one attached hydrogen (secondary N) is 1. The van der Waals surface area contributed by atoms with Crippen molar-refractivity contribution >= 4 is 5.97 Å². The number of aryl methyl sites for hydroxylation is 2. The number of carbonyl (C=O) groups excluding carboxylic acids is 1. The van der Waals surface area contributed by atoms with E-state index in [-0.39, 0.29) is 12.4 Å². The van der Waals surface area contributed by atoms with Gasteiger partial charge < -0.3 is 9.72 Å². The smallest absolute Gasteiger partial charge is 0.345 e. The lowest BCUT2D eigenvalue weighted by atomic mass is 10.0. The predicted octanol–water partition coefficient (Wildman–Crippen LogP) is 2.66. The minimum absolute atomic E-state index is 0.0767. The zero-order valence-corrected chi connectivity index (χ0v) is 13.3. The Balaban J connectivity index is 2.14. The van der Waals surface area contributed by atoms with Crippen molar-refractivity contribution < 1.29 is 9.53 Å². The number of benzene rings is 1. The van der Waals surface area contributed by atoms with E-state index in [0.29, 0.717) is 28.6 Å². The third-order valence-electron chi connectivity index (χ3n) is 3.53. The van der Waals surface area contributed by atoms with Crippen LogP contribution in [0.3, 0.4) is 0 Å². The molecule has 1 aromatic heterocycles. The van der Waals surface area contributed by atoms with Gasteiger partial charge in [-0.2, -0.15) is 4.98 Å². The van der Waals surface area contributed by atoms with Crippen LogP contribution in [0.15, 0.2) is 29.1 Å². The molecule has 2 aromatic rings. The monoisotopic (exact) mass is 300 g/mol. The first kappa shape index (κ1) is 15.9. The Kier molecular flexibility index (Phi) is 4.75. The number of ether oxygens (including phenoxy) is 1. The van der Waals surface area contributed by atoms with E-state index in [4.69, 9.17) is 4.74 Å². The predicted molar refractivity (Wildman–Crippen MR) is 84.2 cm³/mol. The Morgan fingerprint density at radius 1 is 1.32 bits per heavy atom. The fourth-order valence-electron chi connectivity index (χ4n) is 2.26. The summed E-state index contributed by atoms with van der Waals surface area (Å²) in [6, 6.07) is 7.50. The first-order chi connectivity index (χ1) is 10.4. The topological polar surface area (TPSA) is 72.0 Å². The van der Waals surface area contributed by atoms with Crippen molar-refractivity contribution in [3.8, 4) is 5.75 Å². The highest BCUT2D eigenvalue weighted by atomic mass is 16.5. The van der Waals surface area contributed by atoms with E-state index in [1.54, 1.807) is 19.9 Å². The second-order valence-electron chi connectivity index (χ2n) is 5.61. The fourth-order valence-corrected chi connectivity index (χ4v) is 2.26. The van der Waals surface area contributed by atoms with E-state index in [1.165, 1.54) is 0 Å². The fraction of sp³-hybridized carbons (Fsp3) is 0.353. The molecule has 22 heavy (non-hydrogen) atoms. The molecule has 0 saturated heterocycles. The summed E-state index contributed by atoms with van der Waals surface area (Å²) in [5.41, 5.74) is 2.60. The number of H-pyrrole nitrogens is 1. The molecule has 0 spiro atoms. The Labute approximate surface area is 129 Å². The van der Waals surface area contributed by atoms with Gasteiger partial charge in [0.2, 0.25) is 0 Å². The highest BCUT2D eigenvalue weighted by molar-refractivity contribution is 5.75. The molecule has 0 fully saturated rings. The van der Waals surface area contributed by atoms with Gasteiger partial charge in [-0.05, 0) is 37.5 Å². The average Bonchev–Trinajstić information content (AvgIpc) is 2.43. The van der Waals surface area contributed by atoms with Gasteiger partial charge >= 0.3 is 11.7 Å². The van der Waals surface area contributed by atoms with Gasteiger partial charge in [-0.3, -0.25) is 4.79 Å². The number of esters is 1. The maximum atomic E-state index is 12.1. The van der Waals surface area contributed by atoms with Crippen LogP contribution in [0.25, 0.3) is 0 Å². The Morgan fingerprint density at radius 2 is 2.05 bits per heavy atom. The number of aromatic amines is 1. The van der Waals surface area contributed by atoms with Crippen molar-refractivity contribution in [2.45, 2.75) is 40.0 Å². The number of aromatic nitrogens is 2. The molecular weight excluding hydrogens is 280 g/mol. The van der Waals surface area contributed by atoms with Gasteiger partial charge in [-0.15, -0.1) is 0 Å². The zero-order valence-electron chi connectivity index (χ0n) is 13.3. The number of rotatable bonds is 4. The van der Waals surface area contributed by atoms with Gasteiger partial charge in [0.05, 0.1) is 6.42 Å². The van der Waals surface area contributed by atoms with Crippen LogP contribution in [0, 0.1) is 13.8 Å². The largest absolute Gasteiger partial charge is 0.426 e. The third-order valence-corrected chi connectivity index (χ3v) is 3.53. The van der Waals surface area contributed by atoms with Crippen molar-refractivity contribution in [1.29, 1.82) is 0 Å². The maximum Gasteiger partial charge on any atom is 0.345 e. The molecule has 1 aromatic carbocycles. The highest BCUT2D eigenvalue weighted by Gasteiger charge is 2.13. The molecule has 1 heterocycles. The van der Waals surface area contributed by atoms with Crippen LogP contribution >= 0.6 is 0 Å². The normalized spacial score (nSPS) is 10.8. The van der Waals surface area contributed by atoms with Crippen molar-refractivity contribution in [2.24, 2.45) is 0 Å². The first-order valence-electron chi connectivity index (χ1n) is 7.24. The van der Waals surface area contributed by atoms with Gasteiger partial charge in [-0.25, -0.2) is 4.79 Å². The molecule has 0 aliphatic rings. The molecule has 0 unspecified atom stereocenters. The van der Waals surface area contributed by atoms with Crippen LogP contribution in [0.2, 0.25) is 0 Å². The van der Waals surface area contributed by atoms with Crippen LogP contribution in [0.1, 0.15) is 42.3 Å². The molecule has 0 atom stereocenters. The summed E-state index contributed by atoms with van der Waals surface area (Å²) in [4.78, 5) is 29.8. The number of nitrogens with zero attached hydrogens (tertiary/aromatic N) is 1. The molecule has 5 nitrogen and oxygen atoms in total. The van der Waals surface area contributed by atoms with Crippen LogP contribution in [0.4, 0.5) is 0 Å². The molecule has 0 radical (unpaired) electrons. The van der Waals surface area contributed by atoms with Crippen LogP contribution < -0.4 is 10.4 Å². The summed E-state index contributed by atoms with van der Waals surface area (Å²) >= 11 is 0. The number of carbonyl (C=O) groups is 1. The summed E-state index contributed by atoms with van der Waals surface area (Å²) in [6.07, 6.45) is 0.0767. The van der Waals surface area contributed by atoms with Gasteiger partial charge in [0.15, 0.2) is 0 Å². The van der Waals surface area contributed by atoms with E-state index in [0.717, 1.165) is 5.56 Å². The van der Waals surface area contributed by atoms with Gasteiger partial charge in [0, 0.05) is 17.0 Å². The first-order valence-corrected chi connectivity index (χ1v) is 7.24. The third kappa shape index (κ3) is 3.81. The minimum Gasteiger partial charge on any atom is -0.426 e. The quantitative estimate of drug-likeness (QED) is 0.696. The molecule has 0 aliphatic heterocycles. The van der Waals surface area contributed by atoms with Crippen molar-refractivity contribution in [2.75, 3.05) is 0 Å². The van der Waals surface area contributed by atoms with E-state index in [2.05, 4.69) is 23.8 Å². The summed E-state index contributed by atoms with van der Waals surface area (Å²) in [7, 11) is 0. The maximum absolute atomic E-state index is 12.1.